The summed E-state index contributed by atoms with van der Waals surface area (Å²) in [6.45, 7) is 0. The van der Waals surface area contributed by atoms with E-state index in [1.807, 2.05) is 18.2 Å². The normalized spacial score (nSPS) is 16.0. The molecule has 0 amide bonds. The van der Waals surface area contributed by atoms with Crippen LogP contribution in [0.1, 0.15) is 37.2 Å². The fraction of sp³-hybridized carbons (Fsp3) is 0.294. The Hall–Kier alpha value is -1.76. The summed E-state index contributed by atoms with van der Waals surface area (Å²) in [5.74, 6) is 1.11. The molecule has 0 aromatic heterocycles. The molecule has 1 fully saturated rings. The Morgan fingerprint density at radius 3 is 2.17 bits per heavy atom. The quantitative estimate of drug-likeness (QED) is 0.802. The highest BCUT2D eigenvalue weighted by molar-refractivity contribution is 5.70. The van der Waals surface area contributed by atoms with E-state index in [2.05, 4.69) is 24.3 Å². The van der Waals surface area contributed by atoms with Crippen LogP contribution in [0.5, 0.6) is 5.75 Å². The molecule has 1 aliphatic rings. The van der Waals surface area contributed by atoms with Gasteiger partial charge in [0.15, 0.2) is 0 Å². The Morgan fingerprint density at radius 2 is 1.50 bits per heavy atom. The van der Waals surface area contributed by atoms with Crippen LogP contribution < -0.4 is 0 Å². The Labute approximate surface area is 108 Å². The van der Waals surface area contributed by atoms with Gasteiger partial charge in [-0.3, -0.25) is 0 Å². The lowest BCUT2D eigenvalue weighted by Gasteiger charge is -2.11. The summed E-state index contributed by atoms with van der Waals surface area (Å²) in [5, 5.41) is 9.84. The lowest BCUT2D eigenvalue weighted by molar-refractivity contribution is 0.477. The molecule has 0 bridgehead atoms. The van der Waals surface area contributed by atoms with E-state index < -0.39 is 0 Å². The number of aromatic hydroxyl groups is 1. The van der Waals surface area contributed by atoms with Crippen LogP contribution in [0.25, 0.3) is 11.1 Å². The zero-order valence-electron chi connectivity index (χ0n) is 10.5. The molecule has 0 spiro atoms. The molecule has 18 heavy (non-hydrogen) atoms. The minimum atomic E-state index is 0.353. The molecule has 0 heterocycles. The van der Waals surface area contributed by atoms with Crippen molar-refractivity contribution in [1.82, 2.24) is 0 Å². The molecule has 0 radical (unpaired) electrons. The predicted molar refractivity (Wildman–Crippen MR) is 74.8 cm³/mol. The molecular formula is C17H18O. The number of phenols is 1. The summed E-state index contributed by atoms with van der Waals surface area (Å²) in [6.07, 6.45) is 5.39. The van der Waals surface area contributed by atoms with E-state index in [9.17, 15) is 5.11 Å². The number of para-hydroxylation sites is 1. The summed E-state index contributed by atoms with van der Waals surface area (Å²) in [4.78, 5) is 0. The summed E-state index contributed by atoms with van der Waals surface area (Å²) in [6, 6.07) is 16.2. The first-order chi connectivity index (χ1) is 8.84. The number of hydrogen-bond donors (Lipinski definition) is 1. The lowest BCUT2D eigenvalue weighted by Crippen LogP contribution is -1.91. The molecule has 3 rings (SSSR count). The van der Waals surface area contributed by atoms with E-state index in [-0.39, 0.29) is 0 Å². The number of rotatable bonds is 2. The molecule has 0 saturated heterocycles. The molecule has 2 aromatic rings. The largest absolute Gasteiger partial charge is 0.507 e. The Morgan fingerprint density at radius 1 is 0.833 bits per heavy atom. The maximum atomic E-state index is 9.84. The molecule has 0 aliphatic heterocycles. The minimum absolute atomic E-state index is 0.353. The zero-order valence-corrected chi connectivity index (χ0v) is 10.5. The third kappa shape index (κ3) is 2.13. The van der Waals surface area contributed by atoms with Crippen LogP contribution in [0.4, 0.5) is 0 Å². The van der Waals surface area contributed by atoms with Gasteiger partial charge in [0.25, 0.3) is 0 Å². The van der Waals surface area contributed by atoms with E-state index in [1.165, 1.54) is 31.2 Å². The predicted octanol–water partition coefficient (Wildman–Crippen LogP) is 4.72. The highest BCUT2D eigenvalue weighted by Crippen LogP contribution is 2.35. The highest BCUT2D eigenvalue weighted by atomic mass is 16.3. The van der Waals surface area contributed by atoms with Crippen LogP contribution in [0.15, 0.2) is 48.5 Å². The Balaban J connectivity index is 1.89. The first-order valence-corrected chi connectivity index (χ1v) is 6.73. The summed E-state index contributed by atoms with van der Waals surface area (Å²) in [7, 11) is 0. The molecule has 1 saturated carbocycles. The number of benzene rings is 2. The molecule has 0 atom stereocenters. The van der Waals surface area contributed by atoms with E-state index in [4.69, 9.17) is 0 Å². The molecule has 2 aromatic carbocycles. The second-order valence-corrected chi connectivity index (χ2v) is 5.12. The second-order valence-electron chi connectivity index (χ2n) is 5.12. The fourth-order valence-electron chi connectivity index (χ4n) is 2.91. The Kier molecular flexibility index (Phi) is 3.06. The smallest absolute Gasteiger partial charge is 0.123 e. The average Bonchev–Trinajstić information content (AvgIpc) is 2.94. The monoisotopic (exact) mass is 238 g/mol. The number of hydrogen-bond acceptors (Lipinski definition) is 1. The van der Waals surface area contributed by atoms with E-state index in [0.717, 1.165) is 17.0 Å². The van der Waals surface area contributed by atoms with Gasteiger partial charge in [-0.1, -0.05) is 55.3 Å². The number of phenolic OH excluding ortho intramolecular Hbond substituents is 1. The SMILES string of the molecule is Oc1ccccc1-c1ccc(C2CCCC2)cc1. The van der Waals surface area contributed by atoms with Crippen molar-refractivity contribution < 1.29 is 5.11 Å². The van der Waals surface area contributed by atoms with Gasteiger partial charge in [0.05, 0.1) is 0 Å². The third-order valence-electron chi connectivity index (χ3n) is 3.95. The molecule has 1 heteroatoms. The van der Waals surface area contributed by atoms with Crippen molar-refractivity contribution in [3.63, 3.8) is 0 Å². The van der Waals surface area contributed by atoms with Crippen LogP contribution >= 0.6 is 0 Å². The minimum Gasteiger partial charge on any atom is -0.507 e. The third-order valence-corrected chi connectivity index (χ3v) is 3.95. The highest BCUT2D eigenvalue weighted by Gasteiger charge is 2.16. The molecule has 1 aliphatic carbocycles. The lowest BCUT2D eigenvalue weighted by atomic mass is 9.95. The molecular weight excluding hydrogens is 220 g/mol. The van der Waals surface area contributed by atoms with Gasteiger partial charge in [-0.2, -0.15) is 0 Å². The van der Waals surface area contributed by atoms with Gasteiger partial charge in [-0.25, -0.2) is 0 Å². The van der Waals surface area contributed by atoms with Gasteiger partial charge in [-0.05, 0) is 36.0 Å². The molecule has 1 N–H and O–H groups in total. The maximum Gasteiger partial charge on any atom is 0.123 e. The van der Waals surface area contributed by atoms with Crippen molar-refractivity contribution >= 4 is 0 Å². The topological polar surface area (TPSA) is 20.2 Å². The first kappa shape index (κ1) is 11.3. The van der Waals surface area contributed by atoms with Crippen LogP contribution in [0.2, 0.25) is 0 Å². The van der Waals surface area contributed by atoms with Gasteiger partial charge in [0, 0.05) is 5.56 Å². The standard InChI is InChI=1S/C17H18O/c18-17-8-4-3-7-16(17)15-11-9-14(10-12-15)13-5-1-2-6-13/h3-4,7-13,18H,1-2,5-6H2. The van der Waals surface area contributed by atoms with Crippen LogP contribution in [-0.4, -0.2) is 5.11 Å². The van der Waals surface area contributed by atoms with Gasteiger partial charge in [-0.15, -0.1) is 0 Å². The van der Waals surface area contributed by atoms with Crippen LogP contribution in [0.3, 0.4) is 0 Å². The Bertz CT molecular complexity index is 522. The van der Waals surface area contributed by atoms with Gasteiger partial charge in [0.1, 0.15) is 5.75 Å². The summed E-state index contributed by atoms with van der Waals surface area (Å²) in [5.41, 5.74) is 3.46. The maximum absolute atomic E-state index is 9.84. The van der Waals surface area contributed by atoms with E-state index in [0.29, 0.717) is 5.75 Å². The van der Waals surface area contributed by atoms with Crippen molar-refractivity contribution in [2.24, 2.45) is 0 Å². The van der Waals surface area contributed by atoms with Gasteiger partial charge >= 0.3 is 0 Å². The first-order valence-electron chi connectivity index (χ1n) is 6.73. The van der Waals surface area contributed by atoms with E-state index in [1.54, 1.807) is 6.07 Å². The zero-order chi connectivity index (χ0) is 12.4. The van der Waals surface area contributed by atoms with Crippen molar-refractivity contribution in [2.45, 2.75) is 31.6 Å². The molecule has 0 unspecified atom stereocenters. The molecule has 1 nitrogen and oxygen atoms in total. The van der Waals surface area contributed by atoms with Crippen molar-refractivity contribution in [2.75, 3.05) is 0 Å². The van der Waals surface area contributed by atoms with Gasteiger partial charge in [0.2, 0.25) is 0 Å². The van der Waals surface area contributed by atoms with Crippen molar-refractivity contribution in [3.8, 4) is 16.9 Å². The average molecular weight is 238 g/mol. The summed E-state index contributed by atoms with van der Waals surface area (Å²) < 4.78 is 0. The van der Waals surface area contributed by atoms with Crippen molar-refractivity contribution in [3.05, 3.63) is 54.1 Å². The summed E-state index contributed by atoms with van der Waals surface area (Å²) >= 11 is 0. The fourth-order valence-corrected chi connectivity index (χ4v) is 2.91. The van der Waals surface area contributed by atoms with Gasteiger partial charge < -0.3 is 5.11 Å². The van der Waals surface area contributed by atoms with Crippen LogP contribution in [0, 0.1) is 0 Å². The molecule has 92 valence electrons. The van der Waals surface area contributed by atoms with Crippen molar-refractivity contribution in [1.29, 1.82) is 0 Å². The van der Waals surface area contributed by atoms with Crippen LogP contribution in [-0.2, 0) is 0 Å². The second kappa shape index (κ2) is 4.85. The van der Waals surface area contributed by atoms with E-state index >= 15 is 0 Å².